The van der Waals surface area contributed by atoms with Crippen LogP contribution in [0.3, 0.4) is 0 Å². The molecule has 3 amide bonds. The molecule has 0 atom stereocenters. The van der Waals surface area contributed by atoms with Gasteiger partial charge in [-0.15, -0.1) is 0 Å². The van der Waals surface area contributed by atoms with Gasteiger partial charge in [0, 0.05) is 17.8 Å². The van der Waals surface area contributed by atoms with Crippen molar-refractivity contribution in [2.45, 2.75) is 6.42 Å². The zero-order chi connectivity index (χ0) is 18.9. The van der Waals surface area contributed by atoms with Crippen molar-refractivity contribution in [2.24, 2.45) is 0 Å². The van der Waals surface area contributed by atoms with Gasteiger partial charge in [0.15, 0.2) is 0 Å². The molecule has 6 heteroatoms. The number of carbonyl (C=O) groups is 2. The molecule has 2 aromatic rings. The van der Waals surface area contributed by atoms with Gasteiger partial charge in [-0.3, -0.25) is 4.90 Å². The Morgan fingerprint density at radius 1 is 1.07 bits per heavy atom. The molecule has 0 aromatic heterocycles. The second-order valence-corrected chi connectivity index (χ2v) is 5.96. The van der Waals surface area contributed by atoms with Crippen LogP contribution in [0.1, 0.15) is 11.1 Å². The van der Waals surface area contributed by atoms with Crippen molar-refractivity contribution < 1.29 is 14.3 Å². The number of cyclic esters (lactones) is 1. The fourth-order valence-electron chi connectivity index (χ4n) is 2.65. The van der Waals surface area contributed by atoms with Crippen LogP contribution in [0.2, 0.25) is 0 Å². The highest BCUT2D eigenvalue weighted by Crippen LogP contribution is 2.18. The van der Waals surface area contributed by atoms with E-state index < -0.39 is 0 Å². The number of urea groups is 1. The molecular weight excluding hydrogens is 342 g/mol. The lowest BCUT2D eigenvalue weighted by atomic mass is 10.1. The second kappa shape index (κ2) is 9.30. The van der Waals surface area contributed by atoms with Crippen LogP contribution >= 0.6 is 0 Å². The van der Waals surface area contributed by atoms with E-state index in [9.17, 15) is 9.59 Å². The lowest BCUT2D eigenvalue weighted by Crippen LogP contribution is -2.36. The Balaban J connectivity index is 1.38. The first-order valence-electron chi connectivity index (χ1n) is 8.81. The van der Waals surface area contributed by atoms with Crippen molar-refractivity contribution in [1.29, 1.82) is 0 Å². The second-order valence-electron chi connectivity index (χ2n) is 5.96. The van der Waals surface area contributed by atoms with Gasteiger partial charge in [-0.1, -0.05) is 42.2 Å². The molecule has 6 nitrogen and oxygen atoms in total. The number of carbonyl (C=O) groups excluding carboxylic acids is 2. The Bertz CT molecular complexity index is 838. The average molecular weight is 363 g/mol. The minimum atomic E-state index is -0.323. The van der Waals surface area contributed by atoms with E-state index in [4.69, 9.17) is 4.74 Å². The first-order chi connectivity index (χ1) is 13.2. The quantitative estimate of drug-likeness (QED) is 0.802. The van der Waals surface area contributed by atoms with E-state index in [2.05, 4.69) is 22.5 Å². The molecule has 0 saturated carbocycles. The van der Waals surface area contributed by atoms with Crippen LogP contribution in [-0.4, -0.2) is 38.4 Å². The van der Waals surface area contributed by atoms with Crippen molar-refractivity contribution >= 4 is 17.8 Å². The average Bonchev–Trinajstić information content (AvgIpc) is 3.12. The zero-order valence-corrected chi connectivity index (χ0v) is 14.9. The Morgan fingerprint density at radius 2 is 1.85 bits per heavy atom. The van der Waals surface area contributed by atoms with E-state index in [1.165, 1.54) is 5.56 Å². The van der Waals surface area contributed by atoms with Gasteiger partial charge in [-0.05, 0) is 36.2 Å². The fourth-order valence-corrected chi connectivity index (χ4v) is 2.65. The molecule has 1 aliphatic rings. The molecule has 3 rings (SSSR count). The third kappa shape index (κ3) is 5.51. The fraction of sp³-hybridized carbons (Fsp3) is 0.238. The molecule has 27 heavy (non-hydrogen) atoms. The number of anilines is 1. The lowest BCUT2D eigenvalue weighted by molar-refractivity contribution is 0.181. The molecule has 138 valence electrons. The number of ether oxygens (including phenoxy) is 1. The van der Waals surface area contributed by atoms with Crippen LogP contribution in [0.15, 0.2) is 54.6 Å². The minimum absolute atomic E-state index is 0.233. The van der Waals surface area contributed by atoms with E-state index in [0.29, 0.717) is 19.7 Å². The first kappa shape index (κ1) is 18.3. The molecule has 1 heterocycles. The van der Waals surface area contributed by atoms with Gasteiger partial charge in [0.25, 0.3) is 0 Å². The van der Waals surface area contributed by atoms with Gasteiger partial charge in [0.05, 0.1) is 13.1 Å². The molecule has 1 saturated heterocycles. The highest BCUT2D eigenvalue weighted by atomic mass is 16.6. The number of rotatable bonds is 5. The number of nitrogens with zero attached hydrogens (tertiary/aromatic N) is 1. The van der Waals surface area contributed by atoms with E-state index in [1.807, 2.05) is 54.6 Å². The molecule has 0 unspecified atom stereocenters. The largest absolute Gasteiger partial charge is 0.447 e. The SMILES string of the molecule is O=C(NCC#Cc1ccc(N2CCOC2=O)cc1)NCCc1ccccc1. The van der Waals surface area contributed by atoms with E-state index in [0.717, 1.165) is 17.7 Å². The molecule has 1 fully saturated rings. The van der Waals surface area contributed by atoms with Gasteiger partial charge in [-0.2, -0.15) is 0 Å². The van der Waals surface area contributed by atoms with Gasteiger partial charge >= 0.3 is 12.1 Å². The van der Waals surface area contributed by atoms with Crippen LogP contribution in [0.5, 0.6) is 0 Å². The molecule has 2 aromatic carbocycles. The van der Waals surface area contributed by atoms with Crippen molar-refractivity contribution in [1.82, 2.24) is 10.6 Å². The van der Waals surface area contributed by atoms with Crippen LogP contribution in [0, 0.1) is 11.8 Å². The van der Waals surface area contributed by atoms with Gasteiger partial charge in [0.2, 0.25) is 0 Å². The Hall–Kier alpha value is -3.46. The number of amides is 3. The summed E-state index contributed by atoms with van der Waals surface area (Å²) in [4.78, 5) is 24.8. The molecule has 0 spiro atoms. The maximum Gasteiger partial charge on any atom is 0.414 e. The summed E-state index contributed by atoms with van der Waals surface area (Å²) >= 11 is 0. The van der Waals surface area contributed by atoms with Crippen molar-refractivity contribution in [3.63, 3.8) is 0 Å². The van der Waals surface area contributed by atoms with Gasteiger partial charge in [-0.25, -0.2) is 9.59 Å². The summed E-state index contributed by atoms with van der Waals surface area (Å²) in [5.41, 5.74) is 2.79. The number of benzene rings is 2. The third-order valence-corrected chi connectivity index (χ3v) is 4.05. The molecule has 2 N–H and O–H groups in total. The topological polar surface area (TPSA) is 70.7 Å². The first-order valence-corrected chi connectivity index (χ1v) is 8.81. The van der Waals surface area contributed by atoms with E-state index in [-0.39, 0.29) is 18.7 Å². The van der Waals surface area contributed by atoms with Crippen molar-refractivity contribution in [3.8, 4) is 11.8 Å². The van der Waals surface area contributed by atoms with Gasteiger partial charge in [0.1, 0.15) is 6.61 Å². The zero-order valence-electron chi connectivity index (χ0n) is 14.9. The smallest absolute Gasteiger partial charge is 0.414 e. The Morgan fingerprint density at radius 3 is 2.56 bits per heavy atom. The molecule has 1 aliphatic heterocycles. The summed E-state index contributed by atoms with van der Waals surface area (Å²) < 4.78 is 4.92. The summed E-state index contributed by atoms with van der Waals surface area (Å²) in [5.74, 6) is 5.90. The number of hydrogen-bond acceptors (Lipinski definition) is 3. The summed E-state index contributed by atoms with van der Waals surface area (Å²) in [7, 11) is 0. The Labute approximate surface area is 158 Å². The maximum absolute atomic E-state index is 11.7. The predicted octanol–water partition coefficient (Wildman–Crippen LogP) is 2.54. The van der Waals surface area contributed by atoms with Crippen LogP contribution in [0.25, 0.3) is 0 Å². The highest BCUT2D eigenvalue weighted by molar-refractivity contribution is 5.89. The standard InChI is InChI=1S/C21H21N3O3/c25-20(23-14-12-17-5-2-1-3-6-17)22-13-4-7-18-8-10-19(11-9-18)24-15-16-27-21(24)26/h1-3,5-6,8-11H,12-16H2,(H2,22,23,25). The predicted molar refractivity (Wildman–Crippen MR) is 104 cm³/mol. The highest BCUT2D eigenvalue weighted by Gasteiger charge is 2.23. The third-order valence-electron chi connectivity index (χ3n) is 4.05. The molecular formula is C21H21N3O3. The molecule has 0 aliphatic carbocycles. The number of hydrogen-bond donors (Lipinski definition) is 2. The number of nitrogens with one attached hydrogen (secondary N) is 2. The van der Waals surface area contributed by atoms with Crippen molar-refractivity contribution in [3.05, 3.63) is 65.7 Å². The molecule has 0 radical (unpaired) electrons. The monoisotopic (exact) mass is 363 g/mol. The minimum Gasteiger partial charge on any atom is -0.447 e. The van der Waals surface area contributed by atoms with Crippen molar-refractivity contribution in [2.75, 3.05) is 31.1 Å². The van der Waals surface area contributed by atoms with Crippen LogP contribution < -0.4 is 15.5 Å². The normalized spacial score (nSPS) is 12.7. The Kier molecular flexibility index (Phi) is 6.31. The summed E-state index contributed by atoms with van der Waals surface area (Å²) in [5, 5.41) is 5.51. The van der Waals surface area contributed by atoms with Gasteiger partial charge < -0.3 is 15.4 Å². The summed E-state index contributed by atoms with van der Waals surface area (Å²) in [6.07, 6.45) is 0.466. The molecule has 0 bridgehead atoms. The summed E-state index contributed by atoms with van der Waals surface area (Å²) in [6, 6.07) is 17.1. The van der Waals surface area contributed by atoms with E-state index >= 15 is 0 Å². The maximum atomic E-state index is 11.7. The van der Waals surface area contributed by atoms with E-state index in [1.54, 1.807) is 4.90 Å². The van der Waals surface area contributed by atoms with Crippen LogP contribution in [-0.2, 0) is 11.2 Å². The lowest BCUT2D eigenvalue weighted by Gasteiger charge is -2.11. The summed E-state index contributed by atoms with van der Waals surface area (Å²) in [6.45, 7) is 1.81. The van der Waals surface area contributed by atoms with Crippen LogP contribution in [0.4, 0.5) is 15.3 Å².